The third kappa shape index (κ3) is 1.55. The van der Waals surface area contributed by atoms with Crippen LogP contribution in [-0.2, 0) is 0 Å². The molecule has 2 aromatic heterocycles. The molecule has 0 spiro atoms. The van der Waals surface area contributed by atoms with E-state index in [2.05, 4.69) is 47.0 Å². The monoisotopic (exact) mass is 209 g/mol. The van der Waals surface area contributed by atoms with Crippen LogP contribution >= 0.6 is 11.3 Å². The fourth-order valence-corrected chi connectivity index (χ4v) is 2.39. The summed E-state index contributed by atoms with van der Waals surface area (Å²) in [5.74, 6) is 0. The molecule has 0 bridgehead atoms. The van der Waals surface area contributed by atoms with Gasteiger partial charge in [-0.3, -0.25) is 4.40 Å². The van der Waals surface area contributed by atoms with Crippen LogP contribution in [0.3, 0.4) is 0 Å². The molecule has 1 unspecified atom stereocenters. The molecule has 0 fully saturated rings. The van der Waals surface area contributed by atoms with E-state index in [9.17, 15) is 0 Å². The number of hydrogen-bond acceptors (Lipinski definition) is 3. The second-order valence-corrected chi connectivity index (χ2v) is 4.31. The quantitative estimate of drug-likeness (QED) is 0.841. The van der Waals surface area contributed by atoms with Crippen LogP contribution in [0.4, 0.5) is 0 Å². The molecule has 0 aliphatic heterocycles. The van der Waals surface area contributed by atoms with Gasteiger partial charge < -0.3 is 5.32 Å². The molecule has 1 N–H and O–H groups in total. The summed E-state index contributed by atoms with van der Waals surface area (Å²) in [5.41, 5.74) is 2.38. The molecule has 76 valence electrons. The molecule has 0 aliphatic rings. The second kappa shape index (κ2) is 3.71. The van der Waals surface area contributed by atoms with Crippen molar-refractivity contribution < 1.29 is 0 Å². The number of nitrogens with zero attached hydrogens (tertiary/aromatic N) is 2. The third-order valence-electron chi connectivity index (χ3n) is 2.36. The van der Waals surface area contributed by atoms with Crippen LogP contribution in [0.25, 0.3) is 4.96 Å². The first-order valence-electron chi connectivity index (χ1n) is 4.89. The Balaban J connectivity index is 2.35. The van der Waals surface area contributed by atoms with Gasteiger partial charge in [0, 0.05) is 23.3 Å². The van der Waals surface area contributed by atoms with E-state index < -0.39 is 0 Å². The zero-order valence-corrected chi connectivity index (χ0v) is 9.56. The van der Waals surface area contributed by atoms with Crippen LogP contribution in [-0.4, -0.2) is 15.9 Å². The summed E-state index contributed by atoms with van der Waals surface area (Å²) in [6.07, 6.45) is 2.12. The van der Waals surface area contributed by atoms with Gasteiger partial charge in [0.2, 0.25) is 0 Å². The lowest BCUT2D eigenvalue weighted by molar-refractivity contribution is 0.586. The Morgan fingerprint density at radius 3 is 3.07 bits per heavy atom. The summed E-state index contributed by atoms with van der Waals surface area (Å²) < 4.78 is 2.15. The number of hydrogen-bond donors (Lipinski definition) is 1. The molecular weight excluding hydrogens is 194 g/mol. The maximum atomic E-state index is 4.57. The largest absolute Gasteiger partial charge is 0.309 e. The Labute approximate surface area is 87.8 Å². The first kappa shape index (κ1) is 9.68. The number of rotatable bonds is 3. The highest BCUT2D eigenvalue weighted by atomic mass is 32.1. The number of fused-ring (bicyclic) bond motifs is 1. The van der Waals surface area contributed by atoms with Gasteiger partial charge in [0.25, 0.3) is 0 Å². The maximum Gasteiger partial charge on any atom is 0.194 e. The number of thiazole rings is 1. The molecule has 2 rings (SSSR count). The van der Waals surface area contributed by atoms with Gasteiger partial charge in [-0.05, 0) is 20.4 Å². The molecule has 0 amide bonds. The van der Waals surface area contributed by atoms with Crippen molar-refractivity contribution in [3.63, 3.8) is 0 Å². The van der Waals surface area contributed by atoms with Crippen LogP contribution in [0, 0.1) is 6.92 Å². The lowest BCUT2D eigenvalue weighted by atomic mass is 10.2. The Morgan fingerprint density at radius 1 is 1.64 bits per heavy atom. The number of aromatic nitrogens is 2. The van der Waals surface area contributed by atoms with Crippen molar-refractivity contribution >= 4 is 16.3 Å². The molecule has 0 aromatic carbocycles. The van der Waals surface area contributed by atoms with E-state index in [1.165, 1.54) is 5.69 Å². The van der Waals surface area contributed by atoms with E-state index in [0.717, 1.165) is 17.2 Å². The van der Waals surface area contributed by atoms with Crippen molar-refractivity contribution in [2.24, 2.45) is 0 Å². The molecule has 1 atom stereocenters. The zero-order valence-electron chi connectivity index (χ0n) is 8.74. The lowest BCUT2D eigenvalue weighted by Crippen LogP contribution is -2.17. The first-order valence-corrected chi connectivity index (χ1v) is 5.76. The molecule has 4 heteroatoms. The molecule has 0 saturated carbocycles. The van der Waals surface area contributed by atoms with Crippen molar-refractivity contribution in [3.8, 4) is 0 Å². The van der Waals surface area contributed by atoms with Gasteiger partial charge in [-0.2, -0.15) is 0 Å². The first-order chi connectivity index (χ1) is 6.72. The topological polar surface area (TPSA) is 29.3 Å². The van der Waals surface area contributed by atoms with Gasteiger partial charge in [0.1, 0.15) is 0 Å². The Morgan fingerprint density at radius 2 is 2.43 bits per heavy atom. The van der Waals surface area contributed by atoms with Crippen molar-refractivity contribution in [1.82, 2.24) is 14.7 Å². The molecule has 2 heterocycles. The maximum absolute atomic E-state index is 4.57. The number of imidazole rings is 1. The molecule has 0 aliphatic carbocycles. The normalized spacial score (nSPS) is 13.6. The summed E-state index contributed by atoms with van der Waals surface area (Å²) in [7, 11) is 0. The van der Waals surface area contributed by atoms with Gasteiger partial charge >= 0.3 is 0 Å². The summed E-state index contributed by atoms with van der Waals surface area (Å²) in [6, 6.07) is 0.339. The van der Waals surface area contributed by atoms with Crippen molar-refractivity contribution in [3.05, 3.63) is 23.0 Å². The number of aryl methyl sites for hydroxylation is 1. The van der Waals surface area contributed by atoms with Crippen LogP contribution in [0.2, 0.25) is 0 Å². The molecular formula is C10H15N3S. The Hall–Kier alpha value is -0.870. The minimum Gasteiger partial charge on any atom is -0.309 e. The van der Waals surface area contributed by atoms with E-state index >= 15 is 0 Å². The van der Waals surface area contributed by atoms with Gasteiger partial charge in [0.05, 0.1) is 5.69 Å². The van der Waals surface area contributed by atoms with Crippen LogP contribution in [0.1, 0.15) is 31.3 Å². The lowest BCUT2D eigenvalue weighted by Gasteiger charge is -2.07. The second-order valence-electron chi connectivity index (χ2n) is 3.47. The van der Waals surface area contributed by atoms with Gasteiger partial charge in [0.15, 0.2) is 4.96 Å². The molecule has 0 saturated heterocycles. The summed E-state index contributed by atoms with van der Waals surface area (Å²) in [5, 5.41) is 5.49. The highest BCUT2D eigenvalue weighted by Gasteiger charge is 2.10. The van der Waals surface area contributed by atoms with Crippen LogP contribution in [0.5, 0.6) is 0 Å². The van der Waals surface area contributed by atoms with E-state index in [1.807, 2.05) is 0 Å². The average molecular weight is 209 g/mol. The molecule has 3 nitrogen and oxygen atoms in total. The van der Waals surface area contributed by atoms with Crippen molar-refractivity contribution in [1.29, 1.82) is 0 Å². The number of nitrogens with one attached hydrogen (secondary N) is 1. The van der Waals surface area contributed by atoms with E-state index in [0.29, 0.717) is 6.04 Å². The minimum absolute atomic E-state index is 0.339. The molecule has 0 radical (unpaired) electrons. The highest BCUT2D eigenvalue weighted by molar-refractivity contribution is 7.15. The standard InChI is InChI=1S/C10H15N3S/c1-4-11-8(3)9-5-13-7(2)6-14-10(13)12-9/h5-6,8,11H,4H2,1-3H3. The SMILES string of the molecule is CCNC(C)c1cn2c(C)csc2n1. The van der Waals surface area contributed by atoms with Crippen LogP contribution in [0.15, 0.2) is 11.6 Å². The van der Waals surface area contributed by atoms with Crippen LogP contribution < -0.4 is 5.32 Å². The Kier molecular flexibility index (Phi) is 2.56. The fraction of sp³-hybridized carbons (Fsp3) is 0.500. The van der Waals surface area contributed by atoms with Gasteiger partial charge in [-0.1, -0.05) is 6.92 Å². The third-order valence-corrected chi connectivity index (χ3v) is 3.32. The zero-order chi connectivity index (χ0) is 10.1. The predicted octanol–water partition coefficient (Wildman–Crippen LogP) is 2.37. The van der Waals surface area contributed by atoms with E-state index in [4.69, 9.17) is 0 Å². The average Bonchev–Trinajstić information content (AvgIpc) is 2.69. The smallest absolute Gasteiger partial charge is 0.194 e. The van der Waals surface area contributed by atoms with Crippen molar-refractivity contribution in [2.75, 3.05) is 6.54 Å². The molecule has 14 heavy (non-hydrogen) atoms. The van der Waals surface area contributed by atoms with Gasteiger partial charge in [-0.25, -0.2) is 4.98 Å². The fourth-order valence-electron chi connectivity index (χ4n) is 1.53. The van der Waals surface area contributed by atoms with E-state index in [1.54, 1.807) is 11.3 Å². The predicted molar refractivity (Wildman–Crippen MR) is 59.9 cm³/mol. The van der Waals surface area contributed by atoms with Crippen molar-refractivity contribution in [2.45, 2.75) is 26.8 Å². The Bertz CT molecular complexity index is 429. The van der Waals surface area contributed by atoms with Gasteiger partial charge in [-0.15, -0.1) is 11.3 Å². The highest BCUT2D eigenvalue weighted by Crippen LogP contribution is 2.19. The summed E-state index contributed by atoms with van der Waals surface area (Å²) in [6.45, 7) is 7.34. The summed E-state index contributed by atoms with van der Waals surface area (Å²) in [4.78, 5) is 5.66. The van der Waals surface area contributed by atoms with E-state index in [-0.39, 0.29) is 0 Å². The molecule has 2 aromatic rings. The minimum atomic E-state index is 0.339. The summed E-state index contributed by atoms with van der Waals surface area (Å²) >= 11 is 1.69.